The Kier molecular flexibility index (Phi) is 4.53. The van der Waals surface area contributed by atoms with Crippen LogP contribution in [0.15, 0.2) is 40.5 Å². The van der Waals surface area contributed by atoms with Crippen LogP contribution in [-0.4, -0.2) is 45.0 Å². The number of rotatable bonds is 4. The van der Waals surface area contributed by atoms with Crippen molar-refractivity contribution >= 4 is 28.3 Å². The third kappa shape index (κ3) is 3.38. The number of likely N-dealkylation sites (tertiary alicyclic amines) is 1. The highest BCUT2D eigenvalue weighted by Gasteiger charge is 2.29. The van der Waals surface area contributed by atoms with Crippen molar-refractivity contribution in [3.8, 4) is 11.5 Å². The van der Waals surface area contributed by atoms with Crippen molar-refractivity contribution in [2.75, 3.05) is 18.4 Å². The van der Waals surface area contributed by atoms with Crippen LogP contribution in [0.25, 0.3) is 11.5 Å². The summed E-state index contributed by atoms with van der Waals surface area (Å²) in [7, 11) is 0. The largest absolute Gasteiger partial charge is 0.463 e. The van der Waals surface area contributed by atoms with Crippen molar-refractivity contribution in [3.05, 3.63) is 41.7 Å². The van der Waals surface area contributed by atoms with E-state index in [1.807, 2.05) is 5.38 Å². The van der Waals surface area contributed by atoms with Crippen LogP contribution in [0.2, 0.25) is 0 Å². The molecule has 0 aromatic carbocycles. The number of furan rings is 1. The zero-order valence-corrected chi connectivity index (χ0v) is 14.7. The van der Waals surface area contributed by atoms with E-state index in [1.165, 1.54) is 11.3 Å². The normalized spacial score (nSPS) is 15.2. The minimum atomic E-state index is -0.141. The summed E-state index contributed by atoms with van der Waals surface area (Å²) in [5.74, 6) is 0.347. The van der Waals surface area contributed by atoms with Crippen molar-refractivity contribution in [3.63, 3.8) is 0 Å². The molecular weight excluding hydrogens is 354 g/mol. The van der Waals surface area contributed by atoms with Gasteiger partial charge >= 0.3 is 0 Å². The van der Waals surface area contributed by atoms with Crippen LogP contribution < -0.4 is 5.32 Å². The molecule has 1 aliphatic rings. The van der Waals surface area contributed by atoms with E-state index < -0.39 is 0 Å². The molecule has 1 saturated heterocycles. The number of anilines is 1. The molecule has 2 amide bonds. The molecular formula is C17H17N5O3S. The van der Waals surface area contributed by atoms with Crippen LogP contribution in [-0.2, 0) is 4.79 Å². The summed E-state index contributed by atoms with van der Waals surface area (Å²) >= 11 is 1.39. The molecule has 8 nitrogen and oxygen atoms in total. The van der Waals surface area contributed by atoms with Crippen molar-refractivity contribution < 1.29 is 14.0 Å². The topological polar surface area (TPSA) is 104 Å². The SMILES string of the molecule is O=C(Nc1nccs1)C1CCN(C(=O)c2cc(-c3ccco3)[nH]n2)CC1. The van der Waals surface area contributed by atoms with Gasteiger partial charge < -0.3 is 14.6 Å². The van der Waals surface area contributed by atoms with E-state index in [0.717, 1.165) is 0 Å². The number of carbonyl (C=O) groups is 2. The predicted molar refractivity (Wildman–Crippen MR) is 95.7 cm³/mol. The third-order valence-corrected chi connectivity index (χ3v) is 5.09. The Bertz CT molecular complexity index is 880. The van der Waals surface area contributed by atoms with Gasteiger partial charge in [0.25, 0.3) is 5.91 Å². The number of hydrogen-bond donors (Lipinski definition) is 2. The van der Waals surface area contributed by atoms with Gasteiger partial charge in [-0.05, 0) is 25.0 Å². The third-order valence-electron chi connectivity index (χ3n) is 4.40. The van der Waals surface area contributed by atoms with Crippen LogP contribution in [0, 0.1) is 5.92 Å². The zero-order chi connectivity index (χ0) is 17.9. The van der Waals surface area contributed by atoms with E-state index in [1.54, 1.807) is 35.6 Å². The van der Waals surface area contributed by atoms with Gasteiger partial charge in [-0.2, -0.15) is 5.10 Å². The minimum Gasteiger partial charge on any atom is -0.463 e. The highest BCUT2D eigenvalue weighted by Crippen LogP contribution is 2.23. The lowest BCUT2D eigenvalue weighted by atomic mass is 9.96. The number of aromatic amines is 1. The fraction of sp³-hybridized carbons (Fsp3) is 0.294. The summed E-state index contributed by atoms with van der Waals surface area (Å²) in [5, 5.41) is 12.2. The first-order valence-electron chi connectivity index (χ1n) is 8.29. The molecule has 0 saturated carbocycles. The van der Waals surface area contributed by atoms with E-state index in [9.17, 15) is 9.59 Å². The Morgan fingerprint density at radius 1 is 1.35 bits per heavy atom. The van der Waals surface area contributed by atoms with Gasteiger partial charge in [0.1, 0.15) is 5.69 Å². The van der Waals surface area contributed by atoms with Gasteiger partial charge in [-0.25, -0.2) is 4.98 Å². The summed E-state index contributed by atoms with van der Waals surface area (Å²) in [4.78, 5) is 30.7. The Labute approximate surface area is 153 Å². The number of carbonyl (C=O) groups excluding carboxylic acids is 2. The Morgan fingerprint density at radius 3 is 2.88 bits per heavy atom. The summed E-state index contributed by atoms with van der Waals surface area (Å²) < 4.78 is 5.30. The van der Waals surface area contributed by atoms with E-state index in [2.05, 4.69) is 20.5 Å². The number of H-pyrrole nitrogens is 1. The fourth-order valence-corrected chi connectivity index (χ4v) is 3.52. The number of amides is 2. The van der Waals surface area contributed by atoms with Crippen molar-refractivity contribution in [1.82, 2.24) is 20.1 Å². The predicted octanol–water partition coefficient (Wildman–Crippen LogP) is 2.62. The average Bonchev–Trinajstić information content (AvgIpc) is 3.42. The average molecular weight is 371 g/mol. The van der Waals surface area contributed by atoms with Crippen molar-refractivity contribution in [1.29, 1.82) is 0 Å². The quantitative estimate of drug-likeness (QED) is 0.734. The maximum Gasteiger partial charge on any atom is 0.274 e. The first kappa shape index (κ1) is 16.5. The summed E-state index contributed by atoms with van der Waals surface area (Å²) in [6.07, 6.45) is 4.47. The van der Waals surface area contributed by atoms with E-state index in [0.29, 0.717) is 48.2 Å². The first-order valence-corrected chi connectivity index (χ1v) is 9.17. The molecule has 1 aliphatic heterocycles. The summed E-state index contributed by atoms with van der Waals surface area (Å²) in [5.41, 5.74) is 1.01. The van der Waals surface area contributed by atoms with Crippen LogP contribution in [0.5, 0.6) is 0 Å². The van der Waals surface area contributed by atoms with Gasteiger partial charge in [-0.1, -0.05) is 0 Å². The maximum absolute atomic E-state index is 12.6. The van der Waals surface area contributed by atoms with Crippen LogP contribution >= 0.6 is 11.3 Å². The van der Waals surface area contributed by atoms with Crippen LogP contribution in [0.3, 0.4) is 0 Å². The molecule has 4 heterocycles. The molecule has 3 aromatic rings. The van der Waals surface area contributed by atoms with Gasteiger partial charge in [-0.15, -0.1) is 11.3 Å². The zero-order valence-electron chi connectivity index (χ0n) is 13.8. The molecule has 9 heteroatoms. The lowest BCUT2D eigenvalue weighted by molar-refractivity contribution is -0.121. The van der Waals surface area contributed by atoms with Gasteiger partial charge in [0, 0.05) is 36.7 Å². The first-order chi connectivity index (χ1) is 12.7. The number of aromatic nitrogens is 3. The highest BCUT2D eigenvalue weighted by molar-refractivity contribution is 7.13. The molecule has 0 spiro atoms. The molecule has 2 N–H and O–H groups in total. The molecule has 4 rings (SSSR count). The smallest absolute Gasteiger partial charge is 0.274 e. The van der Waals surface area contributed by atoms with Crippen LogP contribution in [0.4, 0.5) is 5.13 Å². The molecule has 0 unspecified atom stereocenters. The number of piperidine rings is 1. The summed E-state index contributed by atoms with van der Waals surface area (Å²) in [6, 6.07) is 5.26. The molecule has 0 atom stereocenters. The van der Waals surface area contributed by atoms with Crippen molar-refractivity contribution in [2.24, 2.45) is 5.92 Å². The lowest BCUT2D eigenvalue weighted by Gasteiger charge is -2.30. The number of thiazole rings is 1. The Morgan fingerprint density at radius 2 is 2.19 bits per heavy atom. The Balaban J connectivity index is 1.34. The van der Waals surface area contributed by atoms with Gasteiger partial charge in [-0.3, -0.25) is 14.7 Å². The highest BCUT2D eigenvalue weighted by atomic mass is 32.1. The van der Waals surface area contributed by atoms with E-state index in [-0.39, 0.29) is 17.7 Å². The Hall–Kier alpha value is -2.94. The molecule has 1 fully saturated rings. The number of hydrogen-bond acceptors (Lipinski definition) is 6. The molecule has 0 aliphatic carbocycles. The van der Waals surface area contributed by atoms with Gasteiger partial charge in [0.15, 0.2) is 16.6 Å². The van der Waals surface area contributed by atoms with Crippen molar-refractivity contribution in [2.45, 2.75) is 12.8 Å². The molecule has 3 aromatic heterocycles. The molecule has 26 heavy (non-hydrogen) atoms. The van der Waals surface area contributed by atoms with E-state index in [4.69, 9.17) is 4.42 Å². The maximum atomic E-state index is 12.6. The molecule has 0 radical (unpaired) electrons. The second kappa shape index (κ2) is 7.12. The number of nitrogens with one attached hydrogen (secondary N) is 2. The molecule has 134 valence electrons. The molecule has 0 bridgehead atoms. The second-order valence-corrected chi connectivity index (χ2v) is 6.93. The second-order valence-electron chi connectivity index (χ2n) is 6.04. The van der Waals surface area contributed by atoms with Gasteiger partial charge in [0.2, 0.25) is 5.91 Å². The lowest BCUT2D eigenvalue weighted by Crippen LogP contribution is -2.41. The van der Waals surface area contributed by atoms with E-state index >= 15 is 0 Å². The standard InChI is InChI=1S/C17H17N5O3S/c23-15(19-17-18-5-9-26-17)11-3-6-22(7-4-11)16(24)13-10-12(20-21-13)14-2-1-8-25-14/h1-2,5,8-11H,3-4,6-7H2,(H,20,21)(H,18,19,23). The fourth-order valence-electron chi connectivity index (χ4n) is 2.99. The minimum absolute atomic E-state index is 0.0353. The number of nitrogens with zero attached hydrogens (tertiary/aromatic N) is 3. The monoisotopic (exact) mass is 371 g/mol. The van der Waals surface area contributed by atoms with Gasteiger partial charge in [0.05, 0.1) is 6.26 Å². The van der Waals surface area contributed by atoms with Crippen LogP contribution in [0.1, 0.15) is 23.3 Å². The summed E-state index contributed by atoms with van der Waals surface area (Å²) in [6.45, 7) is 1.05.